The van der Waals surface area contributed by atoms with Gasteiger partial charge in [-0.15, -0.1) is 0 Å². The fourth-order valence-electron chi connectivity index (χ4n) is 2.30. The molecule has 18 heavy (non-hydrogen) atoms. The zero-order chi connectivity index (χ0) is 12.8. The van der Waals surface area contributed by atoms with Crippen LogP contribution < -0.4 is 5.73 Å². The molecule has 0 aliphatic carbocycles. The predicted molar refractivity (Wildman–Crippen MR) is 74.3 cm³/mol. The van der Waals surface area contributed by atoms with Gasteiger partial charge in [-0.25, -0.2) is 0 Å². The van der Waals surface area contributed by atoms with Gasteiger partial charge in [-0.05, 0) is 24.8 Å². The third-order valence-corrected chi connectivity index (χ3v) is 3.27. The quantitative estimate of drug-likeness (QED) is 0.847. The lowest BCUT2D eigenvalue weighted by atomic mass is 10.1. The summed E-state index contributed by atoms with van der Waals surface area (Å²) in [6, 6.07) is 10.6. The molecule has 2 N–H and O–H groups in total. The van der Waals surface area contributed by atoms with Gasteiger partial charge in [0.15, 0.2) is 0 Å². The first-order chi connectivity index (χ1) is 8.85. The minimum atomic E-state index is 0.585. The second-order valence-electron chi connectivity index (χ2n) is 4.49. The van der Waals surface area contributed by atoms with E-state index in [0.29, 0.717) is 6.54 Å². The molecule has 3 nitrogen and oxygen atoms in total. The largest absolute Gasteiger partial charge is 0.326 e. The molecule has 96 valence electrons. The molecule has 0 aliphatic rings. The molecule has 0 bridgehead atoms. The van der Waals surface area contributed by atoms with Gasteiger partial charge in [-0.3, -0.25) is 4.68 Å². The average Bonchev–Trinajstić information content (AvgIpc) is 2.82. The van der Waals surface area contributed by atoms with E-state index >= 15 is 0 Å². The Labute approximate surface area is 109 Å². The molecule has 0 spiro atoms. The van der Waals surface area contributed by atoms with Crippen molar-refractivity contribution >= 4 is 0 Å². The summed E-state index contributed by atoms with van der Waals surface area (Å²) in [5.74, 6) is 0. The van der Waals surface area contributed by atoms with Crippen LogP contribution in [0, 0.1) is 0 Å². The van der Waals surface area contributed by atoms with Crippen molar-refractivity contribution < 1.29 is 0 Å². The van der Waals surface area contributed by atoms with Crippen molar-refractivity contribution in [3.05, 3.63) is 53.3 Å². The lowest BCUT2D eigenvalue weighted by Gasteiger charge is -2.07. The van der Waals surface area contributed by atoms with E-state index in [2.05, 4.69) is 47.0 Å². The van der Waals surface area contributed by atoms with E-state index in [0.717, 1.165) is 25.8 Å². The maximum atomic E-state index is 5.71. The van der Waals surface area contributed by atoms with Crippen LogP contribution in [-0.2, 0) is 25.9 Å². The Morgan fingerprint density at radius 2 is 2.00 bits per heavy atom. The van der Waals surface area contributed by atoms with E-state index in [-0.39, 0.29) is 0 Å². The zero-order valence-corrected chi connectivity index (χ0v) is 11.0. The van der Waals surface area contributed by atoms with Crippen LogP contribution in [0.2, 0.25) is 0 Å². The molecular formula is C15H21N3. The van der Waals surface area contributed by atoms with Gasteiger partial charge in [0.1, 0.15) is 0 Å². The average molecular weight is 243 g/mol. The smallest absolute Gasteiger partial charge is 0.0537 e. The summed E-state index contributed by atoms with van der Waals surface area (Å²) in [5.41, 5.74) is 9.56. The molecule has 0 radical (unpaired) electrons. The summed E-state index contributed by atoms with van der Waals surface area (Å²) in [4.78, 5) is 0. The summed E-state index contributed by atoms with van der Waals surface area (Å²) in [6.45, 7) is 3.71. The highest BCUT2D eigenvalue weighted by atomic mass is 15.3. The lowest BCUT2D eigenvalue weighted by Crippen LogP contribution is -2.08. The predicted octanol–water partition coefficient (Wildman–Crippen LogP) is 2.54. The van der Waals surface area contributed by atoms with Crippen LogP contribution in [0.25, 0.3) is 0 Å². The number of aromatic nitrogens is 2. The molecule has 0 saturated carbocycles. The Hall–Kier alpha value is -1.61. The minimum absolute atomic E-state index is 0.585. The van der Waals surface area contributed by atoms with Gasteiger partial charge in [0.05, 0.1) is 6.20 Å². The molecule has 1 aromatic carbocycles. The first kappa shape index (κ1) is 12.8. The minimum Gasteiger partial charge on any atom is -0.326 e. The molecule has 3 heteroatoms. The van der Waals surface area contributed by atoms with Gasteiger partial charge in [-0.1, -0.05) is 37.3 Å². The molecule has 0 aliphatic heterocycles. The number of benzene rings is 1. The number of hydrogen-bond donors (Lipinski definition) is 1. The monoisotopic (exact) mass is 243 g/mol. The van der Waals surface area contributed by atoms with Crippen molar-refractivity contribution in [1.29, 1.82) is 0 Å². The van der Waals surface area contributed by atoms with Crippen LogP contribution in [0.1, 0.15) is 30.2 Å². The summed E-state index contributed by atoms with van der Waals surface area (Å²) >= 11 is 0. The van der Waals surface area contributed by atoms with Crippen molar-refractivity contribution in [2.24, 2.45) is 5.73 Å². The van der Waals surface area contributed by atoms with E-state index in [1.165, 1.54) is 16.8 Å². The summed E-state index contributed by atoms with van der Waals surface area (Å²) in [7, 11) is 0. The third-order valence-electron chi connectivity index (χ3n) is 3.27. The summed E-state index contributed by atoms with van der Waals surface area (Å²) in [5, 5.41) is 4.43. The normalized spacial score (nSPS) is 10.8. The van der Waals surface area contributed by atoms with E-state index in [9.17, 15) is 0 Å². The molecule has 2 aromatic rings. The van der Waals surface area contributed by atoms with E-state index in [1.807, 2.05) is 6.20 Å². The van der Waals surface area contributed by atoms with Crippen LogP contribution >= 0.6 is 0 Å². The highest BCUT2D eigenvalue weighted by molar-refractivity contribution is 5.17. The van der Waals surface area contributed by atoms with E-state index < -0.39 is 0 Å². The van der Waals surface area contributed by atoms with Gasteiger partial charge in [0.2, 0.25) is 0 Å². The molecule has 1 aromatic heterocycles. The van der Waals surface area contributed by atoms with Crippen molar-refractivity contribution in [1.82, 2.24) is 9.78 Å². The molecular weight excluding hydrogens is 222 g/mol. The summed E-state index contributed by atoms with van der Waals surface area (Å²) in [6.07, 6.45) is 5.11. The third kappa shape index (κ3) is 2.99. The molecule has 0 unspecified atom stereocenters. The SMILES string of the molecule is CCc1c(CN)cnn1CCCc1ccccc1. The maximum absolute atomic E-state index is 5.71. The number of rotatable bonds is 6. The Morgan fingerprint density at radius 1 is 1.22 bits per heavy atom. The Bertz CT molecular complexity index is 474. The van der Waals surface area contributed by atoms with E-state index in [4.69, 9.17) is 5.73 Å². The van der Waals surface area contributed by atoms with E-state index in [1.54, 1.807) is 0 Å². The second-order valence-corrected chi connectivity index (χ2v) is 4.49. The Balaban J connectivity index is 1.92. The number of hydrogen-bond acceptors (Lipinski definition) is 2. The molecule has 0 saturated heterocycles. The van der Waals surface area contributed by atoms with Gasteiger partial charge in [-0.2, -0.15) is 5.10 Å². The molecule has 2 rings (SSSR count). The number of aryl methyl sites for hydroxylation is 2. The van der Waals surface area contributed by atoms with Gasteiger partial charge in [0, 0.05) is 24.3 Å². The first-order valence-electron chi connectivity index (χ1n) is 6.62. The van der Waals surface area contributed by atoms with Gasteiger partial charge >= 0.3 is 0 Å². The number of nitrogens with zero attached hydrogens (tertiary/aromatic N) is 2. The van der Waals surface area contributed by atoms with Crippen LogP contribution in [0.15, 0.2) is 36.5 Å². The maximum Gasteiger partial charge on any atom is 0.0537 e. The fourth-order valence-corrected chi connectivity index (χ4v) is 2.30. The van der Waals surface area contributed by atoms with Gasteiger partial charge < -0.3 is 5.73 Å². The van der Waals surface area contributed by atoms with Crippen LogP contribution in [0.4, 0.5) is 0 Å². The summed E-state index contributed by atoms with van der Waals surface area (Å²) < 4.78 is 2.10. The van der Waals surface area contributed by atoms with Crippen molar-refractivity contribution in [3.8, 4) is 0 Å². The highest BCUT2D eigenvalue weighted by Crippen LogP contribution is 2.10. The molecule has 1 heterocycles. The zero-order valence-electron chi connectivity index (χ0n) is 11.0. The molecule has 0 fully saturated rings. The van der Waals surface area contributed by atoms with Crippen LogP contribution in [-0.4, -0.2) is 9.78 Å². The van der Waals surface area contributed by atoms with Crippen molar-refractivity contribution in [3.63, 3.8) is 0 Å². The molecule has 0 atom stereocenters. The Morgan fingerprint density at radius 3 is 2.67 bits per heavy atom. The van der Waals surface area contributed by atoms with Crippen molar-refractivity contribution in [2.75, 3.05) is 0 Å². The van der Waals surface area contributed by atoms with Gasteiger partial charge in [0.25, 0.3) is 0 Å². The topological polar surface area (TPSA) is 43.8 Å². The van der Waals surface area contributed by atoms with Crippen LogP contribution in [0.5, 0.6) is 0 Å². The lowest BCUT2D eigenvalue weighted by molar-refractivity contribution is 0.556. The number of nitrogens with two attached hydrogens (primary N) is 1. The Kier molecular flexibility index (Phi) is 4.53. The second kappa shape index (κ2) is 6.36. The first-order valence-corrected chi connectivity index (χ1v) is 6.62. The molecule has 0 amide bonds. The fraction of sp³-hybridized carbons (Fsp3) is 0.400. The highest BCUT2D eigenvalue weighted by Gasteiger charge is 2.06. The standard InChI is InChI=1S/C15H21N3/c1-2-15-14(11-16)12-17-18(15)10-6-9-13-7-4-3-5-8-13/h3-5,7-8,12H,2,6,9-11,16H2,1H3. The van der Waals surface area contributed by atoms with Crippen LogP contribution in [0.3, 0.4) is 0 Å². The van der Waals surface area contributed by atoms with Crippen molar-refractivity contribution in [2.45, 2.75) is 39.3 Å².